The topological polar surface area (TPSA) is 30.5 Å². The minimum absolute atomic E-state index is 0.488. The van der Waals surface area contributed by atoms with Gasteiger partial charge in [0.1, 0.15) is 6.61 Å². The molecule has 0 saturated carbocycles. The Hall–Kier alpha value is -1.71. The van der Waals surface area contributed by atoms with Gasteiger partial charge in [0.15, 0.2) is 11.5 Å². The fourth-order valence-corrected chi connectivity index (χ4v) is 2.55. The van der Waals surface area contributed by atoms with Crippen LogP contribution < -0.4 is 14.8 Å². The van der Waals surface area contributed by atoms with Crippen molar-refractivity contribution in [1.82, 2.24) is 5.32 Å². The second-order valence-corrected chi connectivity index (χ2v) is 6.53. The Morgan fingerprint density at radius 2 is 1.75 bits per heavy atom. The molecule has 2 aromatic carbocycles. The van der Waals surface area contributed by atoms with Crippen molar-refractivity contribution in [3.05, 3.63) is 58.6 Å². The highest BCUT2D eigenvalue weighted by Gasteiger charge is 2.11. The van der Waals surface area contributed by atoms with Crippen molar-refractivity contribution in [1.29, 1.82) is 0 Å². The molecule has 0 unspecified atom stereocenters. The van der Waals surface area contributed by atoms with E-state index in [1.165, 1.54) is 0 Å². The predicted octanol–water partition coefficient (Wildman–Crippen LogP) is 5.06. The normalized spacial score (nSPS) is 10.9. The van der Waals surface area contributed by atoms with Crippen molar-refractivity contribution >= 4 is 11.6 Å². The van der Waals surface area contributed by atoms with Gasteiger partial charge in [-0.1, -0.05) is 55.8 Å². The molecule has 0 fully saturated rings. The van der Waals surface area contributed by atoms with E-state index in [0.717, 1.165) is 30.0 Å². The molecule has 0 heterocycles. The van der Waals surface area contributed by atoms with E-state index in [-0.39, 0.29) is 0 Å². The van der Waals surface area contributed by atoms with Crippen LogP contribution in [0.15, 0.2) is 42.5 Å². The summed E-state index contributed by atoms with van der Waals surface area (Å²) >= 11 is 6.42. The molecule has 2 rings (SSSR count). The standard InChI is InChI=1S/C20H26ClNO2/c1-4-23-19-10-17(13-22-12-15(2)3)18(21)11-20(19)24-14-16-8-6-5-7-9-16/h5-11,15,22H,4,12-14H2,1-3H3. The molecular formula is C20H26ClNO2. The maximum atomic E-state index is 6.42. The van der Waals surface area contributed by atoms with Crippen LogP contribution in [-0.4, -0.2) is 13.2 Å². The summed E-state index contributed by atoms with van der Waals surface area (Å²) in [4.78, 5) is 0. The van der Waals surface area contributed by atoms with Gasteiger partial charge < -0.3 is 14.8 Å². The Kier molecular flexibility index (Phi) is 7.41. The van der Waals surface area contributed by atoms with Gasteiger partial charge in [-0.25, -0.2) is 0 Å². The third kappa shape index (κ3) is 5.73. The molecule has 0 bridgehead atoms. The molecule has 4 heteroatoms. The largest absolute Gasteiger partial charge is 0.490 e. The first-order valence-corrected chi connectivity index (χ1v) is 8.80. The van der Waals surface area contributed by atoms with Gasteiger partial charge in [0.05, 0.1) is 6.61 Å². The highest BCUT2D eigenvalue weighted by Crippen LogP contribution is 2.34. The van der Waals surface area contributed by atoms with Gasteiger partial charge in [-0.2, -0.15) is 0 Å². The van der Waals surface area contributed by atoms with Gasteiger partial charge >= 0.3 is 0 Å². The summed E-state index contributed by atoms with van der Waals surface area (Å²) in [6.07, 6.45) is 0. The van der Waals surface area contributed by atoms with Crippen molar-refractivity contribution in [2.75, 3.05) is 13.2 Å². The van der Waals surface area contributed by atoms with E-state index >= 15 is 0 Å². The molecule has 0 amide bonds. The molecule has 0 aliphatic carbocycles. The molecular weight excluding hydrogens is 322 g/mol. The third-order valence-electron chi connectivity index (χ3n) is 3.52. The summed E-state index contributed by atoms with van der Waals surface area (Å²) in [5.41, 5.74) is 2.13. The average molecular weight is 348 g/mol. The molecule has 0 spiro atoms. The number of ether oxygens (including phenoxy) is 2. The quantitative estimate of drug-likeness (QED) is 0.687. The molecule has 0 saturated heterocycles. The summed E-state index contributed by atoms with van der Waals surface area (Å²) in [6, 6.07) is 13.9. The summed E-state index contributed by atoms with van der Waals surface area (Å²) in [5.74, 6) is 2.01. The average Bonchev–Trinajstić information content (AvgIpc) is 2.57. The molecule has 0 aromatic heterocycles. The summed E-state index contributed by atoms with van der Waals surface area (Å²) in [5, 5.41) is 4.10. The smallest absolute Gasteiger partial charge is 0.163 e. The summed E-state index contributed by atoms with van der Waals surface area (Å²) in [6.45, 7) is 9.07. The van der Waals surface area contributed by atoms with Crippen LogP contribution in [0.2, 0.25) is 5.02 Å². The zero-order valence-corrected chi connectivity index (χ0v) is 15.4. The van der Waals surface area contributed by atoms with Crippen molar-refractivity contribution in [3.8, 4) is 11.5 Å². The molecule has 2 aromatic rings. The Labute approximate surface area is 149 Å². The van der Waals surface area contributed by atoms with Crippen LogP contribution >= 0.6 is 11.6 Å². The number of hydrogen-bond donors (Lipinski definition) is 1. The molecule has 24 heavy (non-hydrogen) atoms. The van der Waals surface area contributed by atoms with Crippen LogP contribution in [0.25, 0.3) is 0 Å². The molecule has 0 aliphatic rings. The SMILES string of the molecule is CCOc1cc(CNCC(C)C)c(Cl)cc1OCc1ccccc1. The number of rotatable bonds is 9. The van der Waals surface area contributed by atoms with Crippen LogP contribution in [0, 0.1) is 5.92 Å². The lowest BCUT2D eigenvalue weighted by Crippen LogP contribution is -2.19. The van der Waals surface area contributed by atoms with Crippen molar-refractivity contribution in [2.24, 2.45) is 5.92 Å². The maximum Gasteiger partial charge on any atom is 0.163 e. The molecule has 0 radical (unpaired) electrons. The second kappa shape index (κ2) is 9.55. The molecule has 3 nitrogen and oxygen atoms in total. The van der Waals surface area contributed by atoms with E-state index in [1.54, 1.807) is 0 Å². The third-order valence-corrected chi connectivity index (χ3v) is 3.87. The lowest BCUT2D eigenvalue weighted by molar-refractivity contribution is 0.269. The van der Waals surface area contributed by atoms with Crippen molar-refractivity contribution < 1.29 is 9.47 Å². The number of benzene rings is 2. The fourth-order valence-electron chi connectivity index (χ4n) is 2.32. The zero-order valence-electron chi connectivity index (χ0n) is 14.6. The predicted molar refractivity (Wildman–Crippen MR) is 99.9 cm³/mol. The minimum atomic E-state index is 0.488. The highest BCUT2D eigenvalue weighted by atomic mass is 35.5. The van der Waals surface area contributed by atoms with E-state index in [1.807, 2.05) is 49.4 Å². The number of hydrogen-bond acceptors (Lipinski definition) is 3. The first-order chi connectivity index (χ1) is 11.6. The van der Waals surface area contributed by atoms with Crippen LogP contribution in [0.4, 0.5) is 0 Å². The molecule has 0 aliphatic heterocycles. The molecule has 1 N–H and O–H groups in total. The van der Waals surface area contributed by atoms with E-state index in [0.29, 0.717) is 29.9 Å². The van der Waals surface area contributed by atoms with Crippen molar-refractivity contribution in [3.63, 3.8) is 0 Å². The van der Waals surface area contributed by atoms with Crippen LogP contribution in [-0.2, 0) is 13.2 Å². The first-order valence-electron chi connectivity index (χ1n) is 8.42. The monoisotopic (exact) mass is 347 g/mol. The van der Waals surface area contributed by atoms with E-state index < -0.39 is 0 Å². The van der Waals surface area contributed by atoms with E-state index in [4.69, 9.17) is 21.1 Å². The van der Waals surface area contributed by atoms with Gasteiger partial charge in [-0.3, -0.25) is 0 Å². The number of halogens is 1. The zero-order chi connectivity index (χ0) is 17.4. The van der Waals surface area contributed by atoms with Gasteiger partial charge in [0.2, 0.25) is 0 Å². The van der Waals surface area contributed by atoms with Gasteiger partial charge in [-0.05, 0) is 36.6 Å². The minimum Gasteiger partial charge on any atom is -0.490 e. The van der Waals surface area contributed by atoms with Gasteiger partial charge in [-0.15, -0.1) is 0 Å². The Morgan fingerprint density at radius 3 is 2.42 bits per heavy atom. The maximum absolute atomic E-state index is 6.42. The summed E-state index contributed by atoms with van der Waals surface area (Å²) < 4.78 is 11.7. The number of nitrogens with one attached hydrogen (secondary N) is 1. The summed E-state index contributed by atoms with van der Waals surface area (Å²) in [7, 11) is 0. The lowest BCUT2D eigenvalue weighted by atomic mass is 10.1. The Morgan fingerprint density at radius 1 is 1.04 bits per heavy atom. The molecule has 130 valence electrons. The van der Waals surface area contributed by atoms with Gasteiger partial charge in [0, 0.05) is 17.6 Å². The van der Waals surface area contributed by atoms with Crippen LogP contribution in [0.1, 0.15) is 31.9 Å². The van der Waals surface area contributed by atoms with Gasteiger partial charge in [0.25, 0.3) is 0 Å². The first kappa shape index (κ1) is 18.6. The highest BCUT2D eigenvalue weighted by molar-refractivity contribution is 6.31. The second-order valence-electron chi connectivity index (χ2n) is 6.12. The molecule has 0 atom stereocenters. The van der Waals surface area contributed by atoms with Crippen LogP contribution in [0.5, 0.6) is 11.5 Å². The lowest BCUT2D eigenvalue weighted by Gasteiger charge is -2.16. The van der Waals surface area contributed by atoms with Crippen molar-refractivity contribution in [2.45, 2.75) is 33.9 Å². The Bertz CT molecular complexity index is 629. The van der Waals surface area contributed by atoms with E-state index in [2.05, 4.69) is 19.2 Å². The van der Waals surface area contributed by atoms with E-state index in [9.17, 15) is 0 Å². The fraction of sp³-hybridized carbons (Fsp3) is 0.400. The van der Waals surface area contributed by atoms with Crippen LogP contribution in [0.3, 0.4) is 0 Å². The Balaban J connectivity index is 2.10.